The summed E-state index contributed by atoms with van der Waals surface area (Å²) in [4.78, 5) is 28.7. The summed E-state index contributed by atoms with van der Waals surface area (Å²) in [7, 11) is 0. The number of ether oxygens (including phenoxy) is 1. The molecule has 0 spiro atoms. The Morgan fingerprint density at radius 1 is 1.40 bits per heavy atom. The zero-order valence-electron chi connectivity index (χ0n) is 11.8. The third-order valence-electron chi connectivity index (χ3n) is 2.95. The molecule has 6 heteroatoms. The van der Waals surface area contributed by atoms with Gasteiger partial charge in [-0.05, 0) is 39.7 Å². The van der Waals surface area contributed by atoms with Crippen LogP contribution in [0.4, 0.5) is 10.5 Å². The van der Waals surface area contributed by atoms with Gasteiger partial charge < -0.3 is 9.84 Å². The number of aromatic nitrogens is 1. The number of rotatable bonds is 1. The number of carbonyl (C=O) groups is 2. The molecule has 0 fully saturated rings. The zero-order valence-corrected chi connectivity index (χ0v) is 11.8. The summed E-state index contributed by atoms with van der Waals surface area (Å²) in [6.45, 7) is 5.91. The van der Waals surface area contributed by atoms with E-state index in [1.165, 1.54) is 11.1 Å². The Hall–Kier alpha value is -2.11. The van der Waals surface area contributed by atoms with Crippen LogP contribution in [0.1, 0.15) is 43.2 Å². The maximum absolute atomic E-state index is 12.2. The normalized spacial score (nSPS) is 14.7. The Kier molecular flexibility index (Phi) is 3.65. The van der Waals surface area contributed by atoms with E-state index in [2.05, 4.69) is 4.98 Å². The van der Waals surface area contributed by atoms with Gasteiger partial charge in [-0.15, -0.1) is 0 Å². The second-order valence-corrected chi connectivity index (χ2v) is 5.70. The minimum absolute atomic E-state index is 0.00996. The standard InChI is InChI=1S/C14H18N2O4/c1-14(2,3)20-13(19)16-8-4-5-9-10(16)6-7-15-11(9)12(17)18/h6-7H,4-5,8H2,1-3H3,(H,17,18). The molecular formula is C14H18N2O4. The smallest absolute Gasteiger partial charge is 0.414 e. The highest BCUT2D eigenvalue weighted by molar-refractivity contribution is 5.94. The van der Waals surface area contributed by atoms with Crippen molar-refractivity contribution >= 4 is 17.7 Å². The molecule has 0 saturated heterocycles. The minimum atomic E-state index is -1.08. The molecular weight excluding hydrogens is 260 g/mol. The van der Waals surface area contributed by atoms with Crippen LogP contribution in [0.25, 0.3) is 0 Å². The SMILES string of the molecule is CC(C)(C)OC(=O)N1CCCc2c1ccnc2C(=O)O. The van der Waals surface area contributed by atoms with Crippen molar-refractivity contribution in [1.82, 2.24) is 4.98 Å². The number of hydrogen-bond donors (Lipinski definition) is 1. The van der Waals surface area contributed by atoms with E-state index in [0.29, 0.717) is 30.6 Å². The number of aromatic carboxylic acids is 1. The molecule has 0 unspecified atom stereocenters. The zero-order chi connectivity index (χ0) is 14.9. The number of carboxylic acids is 1. The fraction of sp³-hybridized carbons (Fsp3) is 0.500. The van der Waals surface area contributed by atoms with E-state index in [9.17, 15) is 9.59 Å². The fourth-order valence-corrected chi connectivity index (χ4v) is 2.21. The Balaban J connectivity index is 2.36. The van der Waals surface area contributed by atoms with Gasteiger partial charge in [0.2, 0.25) is 0 Å². The first-order valence-electron chi connectivity index (χ1n) is 6.51. The van der Waals surface area contributed by atoms with Gasteiger partial charge in [-0.2, -0.15) is 0 Å². The molecule has 0 atom stereocenters. The van der Waals surface area contributed by atoms with Crippen molar-refractivity contribution < 1.29 is 19.4 Å². The predicted octanol–water partition coefficient (Wildman–Crippen LogP) is 2.47. The van der Waals surface area contributed by atoms with Crippen molar-refractivity contribution in [2.75, 3.05) is 11.4 Å². The summed E-state index contributed by atoms with van der Waals surface area (Å²) >= 11 is 0. The number of pyridine rings is 1. The number of amides is 1. The molecule has 0 saturated carbocycles. The molecule has 6 nitrogen and oxygen atoms in total. The van der Waals surface area contributed by atoms with Crippen LogP contribution >= 0.6 is 0 Å². The van der Waals surface area contributed by atoms with Crippen molar-refractivity contribution in [3.63, 3.8) is 0 Å². The van der Waals surface area contributed by atoms with Crippen molar-refractivity contribution in [3.05, 3.63) is 23.5 Å². The van der Waals surface area contributed by atoms with Crippen molar-refractivity contribution in [1.29, 1.82) is 0 Å². The highest BCUT2D eigenvalue weighted by Crippen LogP contribution is 2.30. The first kappa shape index (κ1) is 14.3. The van der Waals surface area contributed by atoms with Crippen LogP contribution in [-0.4, -0.2) is 34.3 Å². The summed E-state index contributed by atoms with van der Waals surface area (Å²) in [5.41, 5.74) is 0.600. The van der Waals surface area contributed by atoms with Crippen molar-refractivity contribution in [2.45, 2.75) is 39.2 Å². The molecule has 1 aromatic heterocycles. The van der Waals surface area contributed by atoms with Crippen LogP contribution in [0.2, 0.25) is 0 Å². The van der Waals surface area contributed by atoms with Crippen molar-refractivity contribution in [2.24, 2.45) is 0 Å². The van der Waals surface area contributed by atoms with E-state index in [1.54, 1.807) is 26.8 Å². The van der Waals surface area contributed by atoms with E-state index in [1.807, 2.05) is 0 Å². The minimum Gasteiger partial charge on any atom is -0.477 e. The summed E-state index contributed by atoms with van der Waals surface area (Å²) in [5, 5.41) is 9.15. The molecule has 1 N–H and O–H groups in total. The van der Waals surface area contributed by atoms with Gasteiger partial charge in [0.1, 0.15) is 5.60 Å². The number of nitrogens with zero attached hydrogens (tertiary/aromatic N) is 2. The fourth-order valence-electron chi connectivity index (χ4n) is 2.21. The lowest BCUT2D eigenvalue weighted by atomic mass is 10.0. The number of carbonyl (C=O) groups excluding carboxylic acids is 1. The maximum atomic E-state index is 12.2. The predicted molar refractivity (Wildman–Crippen MR) is 73.1 cm³/mol. The second-order valence-electron chi connectivity index (χ2n) is 5.70. The van der Waals surface area contributed by atoms with E-state index >= 15 is 0 Å². The molecule has 0 aliphatic carbocycles. The molecule has 0 aromatic carbocycles. The number of hydrogen-bond acceptors (Lipinski definition) is 4. The lowest BCUT2D eigenvalue weighted by Crippen LogP contribution is -2.40. The van der Waals surface area contributed by atoms with Gasteiger partial charge in [-0.25, -0.2) is 14.6 Å². The highest BCUT2D eigenvalue weighted by atomic mass is 16.6. The Morgan fingerprint density at radius 3 is 2.70 bits per heavy atom. The second kappa shape index (κ2) is 5.11. The average molecular weight is 278 g/mol. The van der Waals surface area contributed by atoms with Crippen LogP contribution < -0.4 is 4.90 Å². The third kappa shape index (κ3) is 2.89. The molecule has 0 bridgehead atoms. The van der Waals surface area contributed by atoms with Crippen LogP contribution in [0.15, 0.2) is 12.3 Å². The van der Waals surface area contributed by atoms with Gasteiger partial charge in [0, 0.05) is 18.3 Å². The summed E-state index contributed by atoms with van der Waals surface area (Å²) < 4.78 is 5.35. The first-order valence-corrected chi connectivity index (χ1v) is 6.51. The highest BCUT2D eigenvalue weighted by Gasteiger charge is 2.29. The Morgan fingerprint density at radius 2 is 2.10 bits per heavy atom. The van der Waals surface area contributed by atoms with Crippen LogP contribution in [-0.2, 0) is 11.2 Å². The van der Waals surface area contributed by atoms with Gasteiger partial charge >= 0.3 is 12.1 Å². The first-order chi connectivity index (χ1) is 9.29. The third-order valence-corrected chi connectivity index (χ3v) is 2.95. The van der Waals surface area contributed by atoms with Gasteiger partial charge in [0.15, 0.2) is 5.69 Å². The summed E-state index contributed by atoms with van der Waals surface area (Å²) in [6.07, 6.45) is 2.24. The lowest BCUT2D eigenvalue weighted by Gasteiger charge is -2.31. The Bertz CT molecular complexity index is 549. The quantitative estimate of drug-likeness (QED) is 0.853. The van der Waals surface area contributed by atoms with Gasteiger partial charge in [-0.1, -0.05) is 0 Å². The number of carboxylic acid groups (broad SMARTS) is 1. The summed E-state index contributed by atoms with van der Waals surface area (Å²) in [5.74, 6) is -1.08. The Labute approximate surface area is 117 Å². The van der Waals surface area contributed by atoms with E-state index in [-0.39, 0.29) is 5.69 Å². The molecule has 1 amide bonds. The molecule has 20 heavy (non-hydrogen) atoms. The molecule has 2 heterocycles. The van der Waals surface area contributed by atoms with Gasteiger partial charge in [0.25, 0.3) is 0 Å². The number of anilines is 1. The maximum Gasteiger partial charge on any atom is 0.414 e. The van der Waals surface area contributed by atoms with Crippen LogP contribution in [0.5, 0.6) is 0 Å². The van der Waals surface area contributed by atoms with Gasteiger partial charge in [-0.3, -0.25) is 4.90 Å². The lowest BCUT2D eigenvalue weighted by molar-refractivity contribution is 0.0575. The van der Waals surface area contributed by atoms with Crippen molar-refractivity contribution in [3.8, 4) is 0 Å². The molecule has 108 valence electrons. The average Bonchev–Trinajstić information content (AvgIpc) is 2.35. The number of fused-ring (bicyclic) bond motifs is 1. The van der Waals surface area contributed by atoms with E-state index < -0.39 is 17.7 Å². The van der Waals surface area contributed by atoms with Crippen LogP contribution in [0, 0.1) is 0 Å². The molecule has 1 aliphatic heterocycles. The molecule has 1 aliphatic rings. The van der Waals surface area contributed by atoms with Gasteiger partial charge in [0.05, 0.1) is 5.69 Å². The largest absolute Gasteiger partial charge is 0.477 e. The molecule has 1 aromatic rings. The van der Waals surface area contributed by atoms with E-state index in [0.717, 1.165) is 0 Å². The van der Waals surface area contributed by atoms with Crippen LogP contribution in [0.3, 0.4) is 0 Å². The monoisotopic (exact) mass is 278 g/mol. The topological polar surface area (TPSA) is 79.7 Å². The summed E-state index contributed by atoms with van der Waals surface area (Å²) in [6, 6.07) is 1.66. The molecule has 0 radical (unpaired) electrons. The molecule has 2 rings (SSSR count). The van der Waals surface area contributed by atoms with E-state index in [4.69, 9.17) is 9.84 Å².